The Bertz CT molecular complexity index is 419. The van der Waals surface area contributed by atoms with Crippen LogP contribution in [0.15, 0.2) is 6.33 Å². The van der Waals surface area contributed by atoms with Crippen LogP contribution < -0.4 is 5.32 Å². The first kappa shape index (κ1) is 15.3. The quantitative estimate of drug-likeness (QED) is 0.877. The molecule has 0 bridgehead atoms. The van der Waals surface area contributed by atoms with Crippen molar-refractivity contribution in [2.75, 3.05) is 6.61 Å². The minimum Gasteiger partial charge on any atom is -0.369 e. The number of alkyl halides is 3. The number of aromatic nitrogens is 2. The van der Waals surface area contributed by atoms with Crippen molar-refractivity contribution in [2.24, 2.45) is 0 Å². The Kier molecular flexibility index (Phi) is 5.04. The molecule has 1 aromatic rings. The van der Waals surface area contributed by atoms with Crippen molar-refractivity contribution in [3.63, 3.8) is 0 Å². The van der Waals surface area contributed by atoms with Crippen molar-refractivity contribution in [3.8, 4) is 0 Å². The number of nitrogens with zero attached hydrogens (tertiary/aromatic N) is 1. The van der Waals surface area contributed by atoms with Crippen LogP contribution >= 0.6 is 0 Å². The first-order valence-corrected chi connectivity index (χ1v) is 6.84. The van der Waals surface area contributed by atoms with E-state index < -0.39 is 12.8 Å². The van der Waals surface area contributed by atoms with Gasteiger partial charge in [0.2, 0.25) is 0 Å². The van der Waals surface area contributed by atoms with Gasteiger partial charge >= 0.3 is 6.18 Å². The van der Waals surface area contributed by atoms with E-state index in [0.29, 0.717) is 19.4 Å². The molecule has 0 aromatic carbocycles. The fourth-order valence-electron chi connectivity index (χ4n) is 2.50. The number of H-pyrrole nitrogens is 1. The van der Waals surface area contributed by atoms with Gasteiger partial charge in [0.25, 0.3) is 0 Å². The van der Waals surface area contributed by atoms with Crippen LogP contribution in [0, 0.1) is 6.92 Å². The summed E-state index contributed by atoms with van der Waals surface area (Å²) in [7, 11) is 0. The second kappa shape index (κ2) is 6.58. The zero-order chi connectivity index (χ0) is 14.6. The SMILES string of the molecule is Cc1[nH]cnc1CNC1CCCC(OCC(F)(F)F)C1. The third-order valence-electron chi connectivity index (χ3n) is 3.60. The van der Waals surface area contributed by atoms with Crippen molar-refractivity contribution in [3.05, 3.63) is 17.7 Å². The largest absolute Gasteiger partial charge is 0.411 e. The maximum absolute atomic E-state index is 12.1. The summed E-state index contributed by atoms with van der Waals surface area (Å²) in [6.07, 6.45) is 0.280. The van der Waals surface area contributed by atoms with Gasteiger partial charge in [0.15, 0.2) is 0 Å². The van der Waals surface area contributed by atoms with Crippen LogP contribution in [-0.2, 0) is 11.3 Å². The van der Waals surface area contributed by atoms with Crippen LogP contribution in [0.3, 0.4) is 0 Å². The number of hydrogen-bond acceptors (Lipinski definition) is 3. The van der Waals surface area contributed by atoms with E-state index in [0.717, 1.165) is 24.2 Å². The molecule has 2 atom stereocenters. The van der Waals surface area contributed by atoms with Gasteiger partial charge < -0.3 is 15.0 Å². The monoisotopic (exact) mass is 291 g/mol. The van der Waals surface area contributed by atoms with E-state index >= 15 is 0 Å². The number of hydrogen-bond donors (Lipinski definition) is 2. The summed E-state index contributed by atoms with van der Waals surface area (Å²) in [4.78, 5) is 7.19. The molecular formula is C13H20F3N3O. The number of rotatable bonds is 5. The zero-order valence-electron chi connectivity index (χ0n) is 11.5. The van der Waals surface area contributed by atoms with Crippen LogP contribution in [0.25, 0.3) is 0 Å². The Balaban J connectivity index is 1.74. The number of halogens is 3. The Labute approximate surface area is 116 Å². The Hall–Kier alpha value is -1.08. The van der Waals surface area contributed by atoms with Gasteiger partial charge in [-0.05, 0) is 32.6 Å². The van der Waals surface area contributed by atoms with E-state index in [4.69, 9.17) is 4.74 Å². The molecule has 2 unspecified atom stereocenters. The molecule has 0 amide bonds. The van der Waals surface area contributed by atoms with Gasteiger partial charge in [0, 0.05) is 18.3 Å². The third-order valence-corrected chi connectivity index (χ3v) is 3.60. The predicted molar refractivity (Wildman–Crippen MR) is 68.2 cm³/mol. The lowest BCUT2D eigenvalue weighted by atomic mass is 9.93. The van der Waals surface area contributed by atoms with Crippen LogP contribution in [0.5, 0.6) is 0 Å². The summed E-state index contributed by atoms with van der Waals surface area (Å²) in [6, 6.07) is 0.193. The smallest absolute Gasteiger partial charge is 0.369 e. The molecule has 1 aliphatic rings. The second-order valence-electron chi connectivity index (χ2n) is 5.27. The fraction of sp³-hybridized carbons (Fsp3) is 0.769. The van der Waals surface area contributed by atoms with E-state index in [2.05, 4.69) is 15.3 Å². The van der Waals surface area contributed by atoms with E-state index in [1.165, 1.54) is 0 Å². The number of nitrogens with one attached hydrogen (secondary N) is 2. The molecule has 0 radical (unpaired) electrons. The van der Waals surface area contributed by atoms with Crippen LogP contribution in [0.2, 0.25) is 0 Å². The van der Waals surface area contributed by atoms with Gasteiger partial charge in [-0.25, -0.2) is 4.98 Å². The summed E-state index contributed by atoms with van der Waals surface area (Å²) in [5.74, 6) is 0. The average molecular weight is 291 g/mol. The van der Waals surface area contributed by atoms with Gasteiger partial charge in [-0.15, -0.1) is 0 Å². The van der Waals surface area contributed by atoms with Crippen LogP contribution in [0.1, 0.15) is 37.1 Å². The van der Waals surface area contributed by atoms with Crippen molar-refractivity contribution >= 4 is 0 Å². The van der Waals surface area contributed by atoms with Gasteiger partial charge in [-0.2, -0.15) is 13.2 Å². The van der Waals surface area contributed by atoms with E-state index in [1.54, 1.807) is 6.33 Å². The zero-order valence-corrected chi connectivity index (χ0v) is 11.5. The molecule has 2 N–H and O–H groups in total. The summed E-state index contributed by atoms with van der Waals surface area (Å²) < 4.78 is 41.4. The number of ether oxygens (including phenoxy) is 1. The molecule has 1 aliphatic carbocycles. The van der Waals surface area contributed by atoms with Crippen molar-refractivity contribution in [1.29, 1.82) is 0 Å². The highest BCUT2D eigenvalue weighted by molar-refractivity contribution is 5.08. The Morgan fingerprint density at radius 1 is 1.45 bits per heavy atom. The number of aryl methyl sites for hydroxylation is 1. The molecule has 1 fully saturated rings. The predicted octanol–water partition coefficient (Wildman–Crippen LogP) is 2.70. The molecule has 4 nitrogen and oxygen atoms in total. The first-order valence-electron chi connectivity index (χ1n) is 6.84. The van der Waals surface area contributed by atoms with Gasteiger partial charge in [-0.3, -0.25) is 0 Å². The maximum Gasteiger partial charge on any atom is 0.411 e. The molecule has 0 aliphatic heterocycles. The lowest BCUT2D eigenvalue weighted by Gasteiger charge is -2.30. The molecule has 1 saturated carbocycles. The van der Waals surface area contributed by atoms with Crippen LogP contribution in [-0.4, -0.2) is 34.9 Å². The van der Waals surface area contributed by atoms with E-state index in [-0.39, 0.29) is 12.1 Å². The third kappa shape index (κ3) is 4.79. The molecule has 1 heterocycles. The molecule has 7 heteroatoms. The van der Waals surface area contributed by atoms with Gasteiger partial charge in [-0.1, -0.05) is 0 Å². The van der Waals surface area contributed by atoms with E-state index in [9.17, 15) is 13.2 Å². The summed E-state index contributed by atoms with van der Waals surface area (Å²) in [6.45, 7) is 1.43. The number of aromatic amines is 1. The Morgan fingerprint density at radius 2 is 2.25 bits per heavy atom. The van der Waals surface area contributed by atoms with Crippen molar-refractivity contribution < 1.29 is 17.9 Å². The highest BCUT2D eigenvalue weighted by atomic mass is 19.4. The molecule has 0 spiro atoms. The van der Waals surface area contributed by atoms with Crippen molar-refractivity contribution in [2.45, 2.75) is 57.5 Å². The summed E-state index contributed by atoms with van der Waals surface area (Å²) in [5, 5.41) is 3.35. The normalized spacial score (nSPS) is 24.0. The van der Waals surface area contributed by atoms with Crippen LogP contribution in [0.4, 0.5) is 13.2 Å². The standard InChI is InChI=1S/C13H20F3N3O/c1-9-12(19-8-18-9)6-17-10-3-2-4-11(5-10)20-7-13(14,15)16/h8,10-11,17H,2-7H2,1H3,(H,18,19). The molecule has 114 valence electrons. The highest BCUT2D eigenvalue weighted by Crippen LogP contribution is 2.24. The first-order chi connectivity index (χ1) is 9.44. The Morgan fingerprint density at radius 3 is 2.90 bits per heavy atom. The molecule has 2 rings (SSSR count). The van der Waals surface area contributed by atoms with E-state index in [1.807, 2.05) is 6.92 Å². The second-order valence-corrected chi connectivity index (χ2v) is 5.27. The summed E-state index contributed by atoms with van der Waals surface area (Å²) >= 11 is 0. The lowest BCUT2D eigenvalue weighted by molar-refractivity contribution is -0.188. The number of imidazole rings is 1. The molecular weight excluding hydrogens is 271 g/mol. The molecule has 20 heavy (non-hydrogen) atoms. The fourth-order valence-corrected chi connectivity index (χ4v) is 2.50. The minimum absolute atomic E-state index is 0.193. The average Bonchev–Trinajstić information content (AvgIpc) is 2.79. The molecule has 0 saturated heterocycles. The van der Waals surface area contributed by atoms with Gasteiger partial charge in [0.05, 0.1) is 18.1 Å². The molecule has 1 aromatic heterocycles. The van der Waals surface area contributed by atoms with Gasteiger partial charge in [0.1, 0.15) is 6.61 Å². The highest BCUT2D eigenvalue weighted by Gasteiger charge is 2.31. The minimum atomic E-state index is -4.24. The topological polar surface area (TPSA) is 49.9 Å². The summed E-state index contributed by atoms with van der Waals surface area (Å²) in [5.41, 5.74) is 1.96. The van der Waals surface area contributed by atoms with Crippen molar-refractivity contribution in [1.82, 2.24) is 15.3 Å². The maximum atomic E-state index is 12.1. The lowest BCUT2D eigenvalue weighted by Crippen LogP contribution is -2.38.